The summed E-state index contributed by atoms with van der Waals surface area (Å²) in [5.41, 5.74) is 6.80. The number of para-hydroxylation sites is 1. The number of anilines is 1. The Hall–Kier alpha value is -0.670. The molecule has 1 aromatic rings. The average molecular weight is 236 g/mol. The fraction of sp³-hybridized carbons (Fsp3) is 0.538. The zero-order valence-electron chi connectivity index (χ0n) is 9.61. The SMILES string of the molecule is Nc1ccccc1SCCCC1CCCN1. The normalized spacial score (nSPS) is 20.1. The molecule has 1 atom stereocenters. The fourth-order valence-electron chi connectivity index (χ4n) is 2.13. The van der Waals surface area contributed by atoms with Crippen LogP contribution >= 0.6 is 11.8 Å². The quantitative estimate of drug-likeness (QED) is 0.469. The monoisotopic (exact) mass is 236 g/mol. The number of rotatable bonds is 5. The molecule has 16 heavy (non-hydrogen) atoms. The van der Waals surface area contributed by atoms with E-state index >= 15 is 0 Å². The number of hydrogen-bond donors (Lipinski definition) is 2. The topological polar surface area (TPSA) is 38.0 Å². The van der Waals surface area contributed by atoms with Crippen LogP contribution < -0.4 is 11.1 Å². The first-order chi connectivity index (χ1) is 7.86. The van der Waals surface area contributed by atoms with Gasteiger partial charge in [-0.1, -0.05) is 12.1 Å². The maximum absolute atomic E-state index is 5.89. The van der Waals surface area contributed by atoms with E-state index in [4.69, 9.17) is 5.73 Å². The molecule has 88 valence electrons. The van der Waals surface area contributed by atoms with Crippen molar-refractivity contribution in [3.8, 4) is 0 Å². The number of thioether (sulfide) groups is 1. The summed E-state index contributed by atoms with van der Waals surface area (Å²) in [6.07, 6.45) is 5.29. The Labute approximate surface area is 102 Å². The van der Waals surface area contributed by atoms with Crippen molar-refractivity contribution in [2.24, 2.45) is 0 Å². The van der Waals surface area contributed by atoms with Gasteiger partial charge in [-0.2, -0.15) is 0 Å². The third kappa shape index (κ3) is 3.42. The van der Waals surface area contributed by atoms with Gasteiger partial charge < -0.3 is 11.1 Å². The lowest BCUT2D eigenvalue weighted by atomic mass is 10.1. The fourth-order valence-corrected chi connectivity index (χ4v) is 3.07. The van der Waals surface area contributed by atoms with Crippen LogP contribution in [0.15, 0.2) is 29.2 Å². The molecule has 2 rings (SSSR count). The summed E-state index contributed by atoms with van der Waals surface area (Å²) in [5.74, 6) is 1.17. The maximum Gasteiger partial charge on any atom is 0.0452 e. The third-order valence-electron chi connectivity index (χ3n) is 3.04. The molecule has 0 aromatic heterocycles. The van der Waals surface area contributed by atoms with Gasteiger partial charge in [0.25, 0.3) is 0 Å². The Morgan fingerprint density at radius 1 is 1.38 bits per heavy atom. The second-order valence-corrected chi connectivity index (χ2v) is 5.46. The molecule has 1 aliphatic rings. The van der Waals surface area contributed by atoms with E-state index in [0.29, 0.717) is 0 Å². The minimum Gasteiger partial charge on any atom is -0.398 e. The van der Waals surface area contributed by atoms with Gasteiger partial charge >= 0.3 is 0 Å². The standard InChI is InChI=1S/C13H20N2S/c14-12-7-1-2-8-13(12)16-10-4-6-11-5-3-9-15-11/h1-2,7-8,11,15H,3-6,9-10,14H2. The largest absolute Gasteiger partial charge is 0.398 e. The zero-order chi connectivity index (χ0) is 11.2. The first kappa shape index (κ1) is 11.8. The van der Waals surface area contributed by atoms with Gasteiger partial charge in [-0.05, 0) is 50.1 Å². The lowest BCUT2D eigenvalue weighted by Crippen LogP contribution is -2.20. The Balaban J connectivity index is 1.66. The molecule has 0 bridgehead atoms. The van der Waals surface area contributed by atoms with E-state index < -0.39 is 0 Å². The third-order valence-corrected chi connectivity index (χ3v) is 4.21. The van der Waals surface area contributed by atoms with Crippen LogP contribution in [-0.4, -0.2) is 18.3 Å². The van der Waals surface area contributed by atoms with Crippen LogP contribution in [0.25, 0.3) is 0 Å². The van der Waals surface area contributed by atoms with Crippen LogP contribution in [0.1, 0.15) is 25.7 Å². The van der Waals surface area contributed by atoms with Crippen LogP contribution in [0.2, 0.25) is 0 Å². The number of nitrogens with one attached hydrogen (secondary N) is 1. The summed E-state index contributed by atoms with van der Waals surface area (Å²) in [4.78, 5) is 1.22. The van der Waals surface area contributed by atoms with Crippen molar-refractivity contribution in [3.05, 3.63) is 24.3 Å². The molecule has 1 saturated heterocycles. The summed E-state index contributed by atoms with van der Waals surface area (Å²) in [7, 11) is 0. The highest BCUT2D eigenvalue weighted by atomic mass is 32.2. The van der Waals surface area contributed by atoms with Gasteiger partial charge in [0.2, 0.25) is 0 Å². The maximum atomic E-state index is 5.89. The second kappa shape index (κ2) is 6.16. The molecule has 1 aromatic carbocycles. The Morgan fingerprint density at radius 3 is 3.00 bits per heavy atom. The van der Waals surface area contributed by atoms with E-state index in [9.17, 15) is 0 Å². The highest BCUT2D eigenvalue weighted by Crippen LogP contribution is 2.25. The summed E-state index contributed by atoms with van der Waals surface area (Å²) >= 11 is 1.88. The molecule has 0 amide bonds. The van der Waals surface area contributed by atoms with Crippen molar-refractivity contribution >= 4 is 17.4 Å². The Kier molecular flexibility index (Phi) is 4.55. The van der Waals surface area contributed by atoms with E-state index in [2.05, 4.69) is 17.4 Å². The predicted molar refractivity (Wildman–Crippen MR) is 71.8 cm³/mol. The number of nitrogens with two attached hydrogens (primary N) is 1. The molecule has 1 aliphatic heterocycles. The van der Waals surface area contributed by atoms with Crippen LogP contribution in [0, 0.1) is 0 Å². The van der Waals surface area contributed by atoms with Crippen molar-refractivity contribution in [2.75, 3.05) is 18.0 Å². The van der Waals surface area contributed by atoms with Crippen LogP contribution in [0.3, 0.4) is 0 Å². The van der Waals surface area contributed by atoms with Crippen molar-refractivity contribution in [3.63, 3.8) is 0 Å². The van der Waals surface area contributed by atoms with E-state index in [1.165, 1.54) is 42.9 Å². The van der Waals surface area contributed by atoms with Crippen molar-refractivity contribution in [2.45, 2.75) is 36.6 Å². The molecule has 2 nitrogen and oxygen atoms in total. The van der Waals surface area contributed by atoms with E-state index in [1.807, 2.05) is 23.9 Å². The van der Waals surface area contributed by atoms with Gasteiger partial charge in [-0.3, -0.25) is 0 Å². The number of benzene rings is 1. The van der Waals surface area contributed by atoms with E-state index in [-0.39, 0.29) is 0 Å². The zero-order valence-corrected chi connectivity index (χ0v) is 10.4. The molecule has 1 heterocycles. The van der Waals surface area contributed by atoms with Crippen molar-refractivity contribution in [1.29, 1.82) is 0 Å². The molecule has 0 spiro atoms. The highest BCUT2D eigenvalue weighted by Gasteiger charge is 2.12. The molecule has 1 fully saturated rings. The van der Waals surface area contributed by atoms with E-state index in [1.54, 1.807) is 0 Å². The molecule has 0 radical (unpaired) electrons. The summed E-state index contributed by atoms with van der Waals surface area (Å²) in [6, 6.07) is 8.89. The molecule has 3 heteroatoms. The smallest absolute Gasteiger partial charge is 0.0452 e. The Bertz CT molecular complexity index is 321. The van der Waals surface area contributed by atoms with Gasteiger partial charge in [0.15, 0.2) is 0 Å². The first-order valence-corrected chi connectivity index (χ1v) is 7.05. The first-order valence-electron chi connectivity index (χ1n) is 6.07. The minimum absolute atomic E-state index is 0.772. The van der Waals surface area contributed by atoms with Gasteiger partial charge in [-0.25, -0.2) is 0 Å². The minimum atomic E-state index is 0.772. The molecule has 3 N–H and O–H groups in total. The average Bonchev–Trinajstić information content (AvgIpc) is 2.79. The lowest BCUT2D eigenvalue weighted by molar-refractivity contribution is 0.553. The Morgan fingerprint density at radius 2 is 2.25 bits per heavy atom. The molecular weight excluding hydrogens is 216 g/mol. The predicted octanol–water partition coefficient (Wildman–Crippen LogP) is 2.89. The second-order valence-electron chi connectivity index (χ2n) is 4.32. The molecule has 0 aliphatic carbocycles. The summed E-state index contributed by atoms with van der Waals surface area (Å²) in [5, 5.41) is 3.53. The summed E-state index contributed by atoms with van der Waals surface area (Å²) < 4.78 is 0. The van der Waals surface area contributed by atoms with Gasteiger partial charge in [-0.15, -0.1) is 11.8 Å². The van der Waals surface area contributed by atoms with Crippen LogP contribution in [-0.2, 0) is 0 Å². The summed E-state index contributed by atoms with van der Waals surface area (Å²) in [6.45, 7) is 1.21. The molecule has 1 unspecified atom stereocenters. The van der Waals surface area contributed by atoms with Gasteiger partial charge in [0.05, 0.1) is 0 Å². The van der Waals surface area contributed by atoms with Crippen molar-refractivity contribution < 1.29 is 0 Å². The highest BCUT2D eigenvalue weighted by molar-refractivity contribution is 7.99. The molecule has 0 saturated carbocycles. The number of nitrogen functional groups attached to an aromatic ring is 1. The van der Waals surface area contributed by atoms with Crippen molar-refractivity contribution in [1.82, 2.24) is 5.32 Å². The van der Waals surface area contributed by atoms with Gasteiger partial charge in [0, 0.05) is 16.6 Å². The van der Waals surface area contributed by atoms with E-state index in [0.717, 1.165) is 11.7 Å². The van der Waals surface area contributed by atoms with Crippen LogP contribution in [0.4, 0.5) is 5.69 Å². The molecular formula is C13H20N2S. The van der Waals surface area contributed by atoms with Gasteiger partial charge in [0.1, 0.15) is 0 Å². The number of hydrogen-bond acceptors (Lipinski definition) is 3. The lowest BCUT2D eigenvalue weighted by Gasteiger charge is -2.09. The van der Waals surface area contributed by atoms with Crippen LogP contribution in [0.5, 0.6) is 0 Å².